The highest BCUT2D eigenvalue weighted by Gasteiger charge is 2.45. The Kier molecular flexibility index (Phi) is 13.6. The number of benzene rings is 3. The topological polar surface area (TPSA) is 124 Å². The van der Waals surface area contributed by atoms with Crippen LogP contribution in [0.25, 0.3) is 0 Å². The highest BCUT2D eigenvalue weighted by molar-refractivity contribution is 14.1. The molecule has 0 aromatic heterocycles. The zero-order valence-electron chi connectivity index (χ0n) is 20.6. The largest absolute Gasteiger partial charge is 0.448 e. The number of carbonyl (C=O) groups is 3. The smallest absolute Gasteiger partial charge is 0.426 e. The average molecular weight is 1290 g/mol. The lowest BCUT2D eigenvalue weighted by molar-refractivity contribution is -0.197. The van der Waals surface area contributed by atoms with Crippen molar-refractivity contribution in [3.8, 4) is 5.75 Å². The molecule has 0 saturated heterocycles. The standard InChI is InChI=1S/C25H13F3I6O8S/c26-25(27,28)20(9-43(38,39)40)42-23(36)11-1-10(3-19(35)15-5-12(29)7-17(31)21(15)33)2-14(4-11)41-24(37)16-6-13(30)8-18(32)22(16)34/h1-2,4-8,20H,3,9H2,(H,38,39,40). The third kappa shape index (κ3) is 11.0. The molecule has 0 fully saturated rings. The fourth-order valence-corrected chi connectivity index (χ4v) is 8.90. The molecule has 0 aliphatic carbocycles. The van der Waals surface area contributed by atoms with Gasteiger partial charge in [-0.05, 0) is 184 Å². The molecule has 1 unspecified atom stereocenters. The number of alkyl halides is 3. The van der Waals surface area contributed by atoms with Gasteiger partial charge in [0.25, 0.3) is 10.1 Å². The molecule has 0 heterocycles. The first-order valence-electron chi connectivity index (χ1n) is 11.2. The van der Waals surface area contributed by atoms with Gasteiger partial charge in [0.1, 0.15) is 11.5 Å². The van der Waals surface area contributed by atoms with Crippen LogP contribution in [0.1, 0.15) is 36.6 Å². The molecule has 230 valence electrons. The summed E-state index contributed by atoms with van der Waals surface area (Å²) < 4.78 is 85.8. The highest BCUT2D eigenvalue weighted by Crippen LogP contribution is 2.29. The molecular formula is C25H13F3I6O8S. The highest BCUT2D eigenvalue weighted by atomic mass is 127. The van der Waals surface area contributed by atoms with Crippen LogP contribution in [0.15, 0.2) is 42.5 Å². The molecule has 0 radical (unpaired) electrons. The molecule has 8 nitrogen and oxygen atoms in total. The number of halogens is 9. The molecule has 3 aromatic rings. The summed E-state index contributed by atoms with van der Waals surface area (Å²) in [6, 6.07) is 10.3. The Labute approximate surface area is 325 Å². The third-order valence-electron chi connectivity index (χ3n) is 5.26. The molecule has 3 aromatic carbocycles. The van der Waals surface area contributed by atoms with Crippen LogP contribution in [-0.2, 0) is 21.3 Å². The Morgan fingerprint density at radius 1 is 0.791 bits per heavy atom. The maximum absolute atomic E-state index is 13.4. The minimum Gasteiger partial charge on any atom is -0.448 e. The maximum Gasteiger partial charge on any atom is 0.426 e. The number of rotatable bonds is 9. The van der Waals surface area contributed by atoms with Gasteiger partial charge in [-0.15, -0.1) is 0 Å². The molecular weight excluding hydrogens is 1280 g/mol. The molecule has 0 saturated carbocycles. The van der Waals surface area contributed by atoms with E-state index in [1.54, 1.807) is 12.1 Å². The summed E-state index contributed by atoms with van der Waals surface area (Å²) in [5.41, 5.74) is 0.126. The van der Waals surface area contributed by atoms with Crippen LogP contribution in [0, 0.1) is 21.4 Å². The SMILES string of the molecule is O=C(OC(CS(=O)(=O)O)C(F)(F)F)c1cc(CC(=O)c2cc(I)cc(I)c2I)cc(OC(=O)c2cc(I)cc(I)c2I)c1. The summed E-state index contributed by atoms with van der Waals surface area (Å²) in [4.78, 5) is 39.2. The number of carbonyl (C=O) groups excluding carboxylic acids is 3. The van der Waals surface area contributed by atoms with Crippen molar-refractivity contribution in [2.45, 2.75) is 18.7 Å². The zero-order valence-corrected chi connectivity index (χ0v) is 34.4. The molecule has 0 amide bonds. The zero-order chi connectivity index (χ0) is 32.4. The lowest BCUT2D eigenvalue weighted by atomic mass is 10.0. The van der Waals surface area contributed by atoms with E-state index in [4.69, 9.17) is 9.29 Å². The number of hydrogen-bond donors (Lipinski definition) is 1. The molecule has 1 N–H and O–H groups in total. The van der Waals surface area contributed by atoms with E-state index >= 15 is 0 Å². The Bertz CT molecular complexity index is 1640. The van der Waals surface area contributed by atoms with Crippen LogP contribution in [-0.4, -0.2) is 48.7 Å². The number of ether oxygens (including phenoxy) is 2. The molecule has 0 aliphatic heterocycles. The number of Topliss-reactive ketones (excluding diaryl/α,β-unsaturated/α-hetero) is 1. The van der Waals surface area contributed by atoms with Crippen molar-refractivity contribution in [2.75, 3.05) is 5.75 Å². The maximum atomic E-state index is 13.4. The molecule has 0 spiro atoms. The van der Waals surface area contributed by atoms with E-state index < -0.39 is 45.7 Å². The third-order valence-corrected chi connectivity index (χ3v) is 13.3. The van der Waals surface area contributed by atoms with Crippen LogP contribution in [0.4, 0.5) is 13.2 Å². The van der Waals surface area contributed by atoms with Crippen molar-refractivity contribution in [2.24, 2.45) is 0 Å². The number of hydrogen-bond acceptors (Lipinski definition) is 7. The second kappa shape index (κ2) is 15.5. The van der Waals surface area contributed by atoms with Gasteiger partial charge in [0.15, 0.2) is 5.78 Å². The summed E-state index contributed by atoms with van der Waals surface area (Å²) in [6.07, 6.45) is -8.84. The lowest BCUT2D eigenvalue weighted by Gasteiger charge is -2.20. The van der Waals surface area contributed by atoms with Gasteiger partial charge in [-0.25, -0.2) is 9.59 Å². The van der Waals surface area contributed by atoms with E-state index in [-0.39, 0.29) is 29.1 Å². The summed E-state index contributed by atoms with van der Waals surface area (Å²) in [5, 5.41) is 0. The van der Waals surface area contributed by atoms with Crippen molar-refractivity contribution in [1.29, 1.82) is 0 Å². The summed E-state index contributed by atoms with van der Waals surface area (Å²) in [6.45, 7) is 0. The van der Waals surface area contributed by atoms with Crippen LogP contribution in [0.3, 0.4) is 0 Å². The van der Waals surface area contributed by atoms with Crippen LogP contribution < -0.4 is 4.74 Å². The average Bonchev–Trinajstić information content (AvgIpc) is 2.86. The van der Waals surface area contributed by atoms with Gasteiger partial charge < -0.3 is 9.47 Å². The molecule has 18 heteroatoms. The quantitative estimate of drug-likeness (QED) is 0.0573. The predicted octanol–water partition coefficient (Wildman–Crippen LogP) is 7.93. The van der Waals surface area contributed by atoms with Gasteiger partial charge in [0.05, 0.1) is 11.1 Å². The number of esters is 2. The molecule has 1 atom stereocenters. The normalized spacial score (nSPS) is 12.5. The van der Waals surface area contributed by atoms with Gasteiger partial charge in [0, 0.05) is 33.4 Å². The monoisotopic (exact) mass is 1290 g/mol. The van der Waals surface area contributed by atoms with Gasteiger partial charge in [-0.1, -0.05) is 0 Å². The van der Waals surface area contributed by atoms with E-state index in [0.717, 1.165) is 26.4 Å². The molecule has 0 bridgehead atoms. The minimum absolute atomic E-state index is 0.108. The van der Waals surface area contributed by atoms with Crippen molar-refractivity contribution >= 4 is 163 Å². The van der Waals surface area contributed by atoms with Gasteiger partial charge in [0.2, 0.25) is 6.10 Å². The van der Waals surface area contributed by atoms with Crippen molar-refractivity contribution in [3.63, 3.8) is 0 Å². The second-order valence-electron chi connectivity index (χ2n) is 8.54. The minimum atomic E-state index is -5.33. The second-order valence-corrected chi connectivity index (χ2v) is 17.0. The first-order valence-corrected chi connectivity index (χ1v) is 19.2. The van der Waals surface area contributed by atoms with Crippen molar-refractivity contribution in [1.82, 2.24) is 0 Å². The Hall–Kier alpha value is 0.350. The van der Waals surface area contributed by atoms with Gasteiger partial charge in [-0.2, -0.15) is 21.6 Å². The Balaban J connectivity index is 2.05. The fourth-order valence-electron chi connectivity index (χ4n) is 3.43. The van der Waals surface area contributed by atoms with Crippen molar-refractivity contribution < 1.29 is 50.0 Å². The van der Waals surface area contributed by atoms with E-state index in [2.05, 4.69) is 49.9 Å². The summed E-state index contributed by atoms with van der Waals surface area (Å²) in [7, 11) is -5.18. The summed E-state index contributed by atoms with van der Waals surface area (Å²) in [5.74, 6) is -5.02. The van der Waals surface area contributed by atoms with Gasteiger partial charge in [-0.3, -0.25) is 9.35 Å². The molecule has 43 heavy (non-hydrogen) atoms. The van der Waals surface area contributed by atoms with Crippen LogP contribution >= 0.6 is 136 Å². The lowest BCUT2D eigenvalue weighted by Crippen LogP contribution is -2.39. The number of ketones is 1. The molecule has 3 rings (SSSR count). The van der Waals surface area contributed by atoms with E-state index in [1.807, 2.05) is 102 Å². The first-order chi connectivity index (χ1) is 19.7. The summed E-state index contributed by atoms with van der Waals surface area (Å²) >= 11 is 12.1. The molecule has 0 aliphatic rings. The van der Waals surface area contributed by atoms with Crippen molar-refractivity contribution in [3.05, 3.63) is 86.1 Å². The van der Waals surface area contributed by atoms with Crippen LogP contribution in [0.5, 0.6) is 5.75 Å². The van der Waals surface area contributed by atoms with E-state index in [0.29, 0.717) is 12.7 Å². The Morgan fingerprint density at radius 2 is 1.33 bits per heavy atom. The fraction of sp³-hybridized carbons (Fsp3) is 0.160. The van der Waals surface area contributed by atoms with E-state index in [9.17, 15) is 36.0 Å². The Morgan fingerprint density at radius 3 is 1.86 bits per heavy atom. The van der Waals surface area contributed by atoms with E-state index in [1.165, 1.54) is 6.07 Å². The van der Waals surface area contributed by atoms with Crippen LogP contribution in [0.2, 0.25) is 0 Å². The predicted molar refractivity (Wildman–Crippen MR) is 200 cm³/mol. The van der Waals surface area contributed by atoms with Gasteiger partial charge >= 0.3 is 18.1 Å². The first kappa shape index (κ1) is 37.8.